The molecule has 14 heteroatoms. The topological polar surface area (TPSA) is 103 Å². The summed E-state index contributed by atoms with van der Waals surface area (Å²) in [4.78, 5) is 35.0. The second-order valence-corrected chi connectivity index (χ2v) is 32.0. The smallest absolute Gasteiger partial charge is 0.123 e. The first-order valence-corrected chi connectivity index (χ1v) is 44.4. The van der Waals surface area contributed by atoms with Crippen LogP contribution in [0.3, 0.4) is 0 Å². The van der Waals surface area contributed by atoms with Crippen molar-refractivity contribution in [2.24, 2.45) is 0 Å². The molecule has 0 aliphatic heterocycles. The molecule has 8 nitrogen and oxygen atoms in total. The zero-order valence-electron chi connectivity index (χ0n) is 83.9. The molecule has 0 saturated heterocycles. The van der Waals surface area contributed by atoms with Gasteiger partial charge in [0.1, 0.15) is 11.6 Å². The fraction of sp³-hybridized carbons (Fsp3) is 0.104. The quantitative estimate of drug-likeness (QED) is 0.0935. The number of benzene rings is 12. The van der Waals surface area contributed by atoms with Crippen LogP contribution in [0.4, 0.5) is 8.78 Å². The van der Waals surface area contributed by atoms with Crippen LogP contribution in [-0.2, 0) is 86.8 Å². The van der Waals surface area contributed by atoms with Crippen molar-refractivity contribution in [3.63, 3.8) is 0 Å². The number of nitrogens with zero attached hydrogens (tertiary/aromatic N) is 8. The summed E-state index contributed by atoms with van der Waals surface area (Å²) in [6, 6.07) is 145. The summed E-state index contributed by atoms with van der Waals surface area (Å²) in [7, 11) is 0. The SMILES string of the molecule is Cc1cc(-c2[c-]cccc2)ncc1C(C)C.Cc1ccc(-c2ccnc(-c3[c-]cccc3)c2)cc1.Cc1ccc(-c2ccnc(-c3[c-]cccc3)c2)cc1.Cc1cnc(-c2[c-]cccc2)cc1C(C)C.Fc1ccc(-c2ccc(-c3[c-]cccc3)nc2)cc1.Fc1ccc(-c2ccc(-c3[c-]cccc3)nc2)cc1.[2H]C([2H])([2H])Cc1ccc(-c2[c-]cccc2)nc1.[2H]C([2H])([2H])c1ccc(-c2[c-]cccc2)nc1.[Ir].[Ir].[Ir].[Ir]. The van der Waals surface area contributed by atoms with E-state index in [4.69, 9.17) is 8.22 Å². The summed E-state index contributed by atoms with van der Waals surface area (Å²) in [6.45, 7) is 13.2. The fourth-order valence-corrected chi connectivity index (χ4v) is 14.0. The van der Waals surface area contributed by atoms with E-state index in [1.807, 2.05) is 255 Å². The summed E-state index contributed by atoms with van der Waals surface area (Å²) < 4.78 is 69.0. The molecule has 20 rings (SSSR count). The fourth-order valence-electron chi connectivity index (χ4n) is 14.0. The molecule has 0 spiro atoms. The van der Waals surface area contributed by atoms with Crippen molar-refractivity contribution in [2.45, 2.75) is 87.4 Å². The van der Waals surface area contributed by atoms with Gasteiger partial charge in [-0.3, -0.25) is 0 Å². The minimum absolute atomic E-state index is 0. The summed E-state index contributed by atoms with van der Waals surface area (Å²) in [5.74, 6) is 0.603. The second-order valence-electron chi connectivity index (χ2n) is 32.0. The van der Waals surface area contributed by atoms with E-state index >= 15 is 0 Å². The first-order valence-electron chi connectivity index (χ1n) is 47.4. The molecule has 8 heterocycles. The van der Waals surface area contributed by atoms with Crippen molar-refractivity contribution in [1.82, 2.24) is 39.9 Å². The van der Waals surface area contributed by atoms with Gasteiger partial charge in [0.15, 0.2) is 0 Å². The van der Waals surface area contributed by atoms with Crippen molar-refractivity contribution < 1.29 is 97.4 Å². The molecule has 0 atom stereocenters. The number of hydrogen-bond acceptors (Lipinski definition) is 8. The van der Waals surface area contributed by atoms with E-state index in [2.05, 4.69) is 217 Å². The van der Waals surface area contributed by atoms with Gasteiger partial charge in [0, 0.05) is 138 Å². The monoisotopic (exact) mass is 2530 g/mol. The number of rotatable bonds is 15. The van der Waals surface area contributed by atoms with Gasteiger partial charge in [-0.25, -0.2) is 8.78 Å². The average Bonchev–Trinajstić information content (AvgIpc) is 0.996. The van der Waals surface area contributed by atoms with E-state index in [0.717, 1.165) is 118 Å². The number of pyridine rings is 8. The third kappa shape index (κ3) is 33.9. The van der Waals surface area contributed by atoms with Gasteiger partial charge in [-0.2, -0.15) is 0 Å². The van der Waals surface area contributed by atoms with Gasteiger partial charge in [0.2, 0.25) is 0 Å². The normalized spacial score (nSPS) is 10.9. The molecule has 8 aromatic heterocycles. The molecule has 0 unspecified atom stereocenters. The van der Waals surface area contributed by atoms with E-state index in [9.17, 15) is 8.78 Å². The molecule has 0 aliphatic carbocycles. The molecule has 702 valence electrons. The van der Waals surface area contributed by atoms with Crippen LogP contribution >= 0.6 is 0 Å². The predicted molar refractivity (Wildman–Crippen MR) is 551 cm³/mol. The number of hydrogen-bond donors (Lipinski definition) is 0. The van der Waals surface area contributed by atoms with Gasteiger partial charge in [0.05, 0.1) is 0 Å². The molecule has 0 bridgehead atoms. The molecule has 0 fully saturated rings. The van der Waals surface area contributed by atoms with Crippen LogP contribution in [0.2, 0.25) is 0 Å². The van der Waals surface area contributed by atoms with Crippen LogP contribution in [0.5, 0.6) is 0 Å². The molecule has 0 saturated carbocycles. The molecule has 20 aromatic rings. The summed E-state index contributed by atoms with van der Waals surface area (Å²) in [5.41, 5.74) is 32.5. The van der Waals surface area contributed by atoms with Crippen LogP contribution in [0, 0.1) is 94.7 Å². The first kappa shape index (κ1) is 99.8. The van der Waals surface area contributed by atoms with E-state index in [-0.39, 0.29) is 104 Å². The molecule has 139 heavy (non-hydrogen) atoms. The van der Waals surface area contributed by atoms with Gasteiger partial charge in [-0.1, -0.05) is 197 Å². The number of aryl methyl sites for hydroxylation is 6. The molecular formula is C125H104F2Ir4N8-8. The predicted octanol–water partition coefficient (Wildman–Crippen LogP) is 31.7. The molecule has 4 radical (unpaired) electrons. The number of aromatic nitrogens is 8. The molecular weight excluding hydrogens is 2420 g/mol. The standard InChI is InChI=1S/2C18H14N.2C17H11FN.2C15H16N.C13H12N.C12H10N.4Ir/c2*1-14-7-9-15(10-8-14)17-11-12-19-18(13-17)16-5-3-2-4-6-16;2*18-16-9-6-13(7-10-16)15-8-11-17(19-12-15)14-4-2-1-3-5-14;1-11(2)14-9-15(16-10-12(14)3)13-7-5-4-6-8-13;1-11(2)14-10-16-15(9-12(14)3)13-7-5-4-6-8-13;1-2-11-8-9-13(14-10-11)12-6-4-3-5-7-12;1-10-7-8-12(13-9-10)11-5-3-2-4-6-11;;;;/h2*2-5,7-13H,1H3;2*1-4,6-12H;2*4-7,9-11H,1-3H3;3-6,8-10H,2H2,1H3;2-5,7-9H,1H3;;;;/q8*-1;;;;/i;;;;;;2*1D3;;;;. The maximum atomic E-state index is 12.9. The van der Waals surface area contributed by atoms with Gasteiger partial charge < -0.3 is 39.9 Å². The first-order chi connectivity index (χ1) is 68.3. The Morgan fingerprint density at radius 1 is 0.245 bits per heavy atom. The van der Waals surface area contributed by atoms with Crippen LogP contribution in [0.1, 0.15) is 99.1 Å². The molecule has 0 aliphatic rings. The molecule has 0 amide bonds. The minimum atomic E-state index is -2.09. The summed E-state index contributed by atoms with van der Waals surface area (Å²) in [5, 5.41) is 0. The van der Waals surface area contributed by atoms with Crippen molar-refractivity contribution in [3.8, 4) is 135 Å². The number of halogens is 2. The third-order valence-electron chi connectivity index (χ3n) is 21.4. The average molecular weight is 2530 g/mol. The Balaban J connectivity index is 0.000000184. The van der Waals surface area contributed by atoms with Crippen molar-refractivity contribution in [2.75, 3.05) is 0 Å². The van der Waals surface area contributed by atoms with E-state index in [1.165, 1.54) is 86.1 Å². The Bertz CT molecular complexity index is 6930. The van der Waals surface area contributed by atoms with Crippen molar-refractivity contribution in [1.29, 1.82) is 0 Å². The van der Waals surface area contributed by atoms with Crippen molar-refractivity contribution in [3.05, 3.63) is 530 Å². The Labute approximate surface area is 882 Å². The van der Waals surface area contributed by atoms with Crippen LogP contribution in [0.15, 0.2) is 426 Å². The Hall–Kier alpha value is -13.7. The van der Waals surface area contributed by atoms with Crippen LogP contribution in [0.25, 0.3) is 135 Å². The summed E-state index contributed by atoms with van der Waals surface area (Å²) in [6.07, 6.45) is 14.3. The maximum absolute atomic E-state index is 12.9. The zero-order valence-corrected chi connectivity index (χ0v) is 87.5. The second kappa shape index (κ2) is 57.5. The van der Waals surface area contributed by atoms with E-state index in [1.54, 1.807) is 67.1 Å². The van der Waals surface area contributed by atoms with Crippen molar-refractivity contribution >= 4 is 0 Å². The summed E-state index contributed by atoms with van der Waals surface area (Å²) >= 11 is 0. The van der Waals surface area contributed by atoms with Gasteiger partial charge in [-0.15, -0.1) is 287 Å². The zero-order chi connectivity index (χ0) is 99.3. The largest absolute Gasteiger partial charge is 0.305 e. The van der Waals surface area contributed by atoms with Gasteiger partial charge >= 0.3 is 0 Å². The third-order valence-corrected chi connectivity index (χ3v) is 21.4. The van der Waals surface area contributed by atoms with Gasteiger partial charge in [-0.05, 0) is 207 Å². The van der Waals surface area contributed by atoms with E-state index in [0.29, 0.717) is 11.8 Å². The van der Waals surface area contributed by atoms with Gasteiger partial charge in [0.25, 0.3) is 0 Å². The minimum Gasteiger partial charge on any atom is -0.305 e. The van der Waals surface area contributed by atoms with Crippen LogP contribution in [-0.4, -0.2) is 39.9 Å². The molecule has 12 aromatic carbocycles. The van der Waals surface area contributed by atoms with E-state index < -0.39 is 13.7 Å². The maximum Gasteiger partial charge on any atom is 0.123 e. The Morgan fingerprint density at radius 2 is 0.532 bits per heavy atom. The van der Waals surface area contributed by atoms with Crippen LogP contribution < -0.4 is 0 Å². The Kier molecular flexibility index (Phi) is 41.3. The Morgan fingerprint density at radius 3 is 0.827 bits per heavy atom. The molecule has 0 N–H and O–H groups in total.